The van der Waals surface area contributed by atoms with Crippen LogP contribution in [0.2, 0.25) is 0 Å². The molecule has 1 aliphatic carbocycles. The van der Waals surface area contributed by atoms with Crippen LogP contribution in [0, 0.1) is 0 Å². The Morgan fingerprint density at radius 2 is 1.79 bits per heavy atom. The number of para-hydroxylation sites is 1. The maximum atomic E-state index is 12.8. The predicted molar refractivity (Wildman–Crippen MR) is 145 cm³/mol. The van der Waals surface area contributed by atoms with Crippen molar-refractivity contribution in [1.29, 1.82) is 0 Å². The average Bonchev–Trinajstić information content (AvgIpc) is 3.71. The summed E-state index contributed by atoms with van der Waals surface area (Å²) in [7, 11) is 0.287. The number of aromatic nitrogens is 2. The van der Waals surface area contributed by atoms with Gasteiger partial charge in [0.25, 0.3) is 11.8 Å². The first-order chi connectivity index (χ1) is 18.7. The van der Waals surface area contributed by atoms with Gasteiger partial charge in [0.15, 0.2) is 21.3 Å². The highest BCUT2D eigenvalue weighted by atomic mass is 32.2. The molecule has 1 aromatic heterocycles. The first-order valence-electron chi connectivity index (χ1n) is 12.9. The zero-order valence-corrected chi connectivity index (χ0v) is 22.9. The quantitative estimate of drug-likeness (QED) is 0.433. The van der Waals surface area contributed by atoms with Crippen molar-refractivity contribution in [2.45, 2.75) is 31.9 Å². The first kappa shape index (κ1) is 26.7. The molecule has 0 unspecified atom stereocenters. The maximum absolute atomic E-state index is 12.8. The van der Waals surface area contributed by atoms with Gasteiger partial charge in [0.05, 0.1) is 24.3 Å². The lowest BCUT2D eigenvalue weighted by Crippen LogP contribution is -2.43. The molecule has 10 nitrogen and oxygen atoms in total. The summed E-state index contributed by atoms with van der Waals surface area (Å²) in [5, 5.41) is 7.41. The van der Waals surface area contributed by atoms with E-state index in [-0.39, 0.29) is 49.6 Å². The molecule has 206 valence electrons. The first-order valence-corrected chi connectivity index (χ1v) is 14.8. The van der Waals surface area contributed by atoms with E-state index in [1.807, 2.05) is 30.3 Å². The molecule has 5 rings (SSSR count). The fourth-order valence-corrected chi connectivity index (χ4v) is 5.80. The van der Waals surface area contributed by atoms with Crippen LogP contribution in [0.1, 0.15) is 56.4 Å². The van der Waals surface area contributed by atoms with Gasteiger partial charge in [0, 0.05) is 43.7 Å². The Balaban J connectivity index is 1.19. The third kappa shape index (κ3) is 6.25. The molecule has 1 saturated heterocycles. The molecule has 0 bridgehead atoms. The number of nitrogens with one attached hydrogen (secondary N) is 1. The molecule has 11 heteroatoms. The number of hydrogen-bond acceptors (Lipinski definition) is 7. The average molecular weight is 553 g/mol. The summed E-state index contributed by atoms with van der Waals surface area (Å²) in [5.41, 5.74) is 3.63. The number of sulfone groups is 1. The van der Waals surface area contributed by atoms with Crippen molar-refractivity contribution in [3.63, 3.8) is 0 Å². The highest BCUT2D eigenvalue weighted by Gasteiger charge is 2.28. The van der Waals surface area contributed by atoms with E-state index >= 15 is 0 Å². The topological polar surface area (TPSA) is 120 Å². The molecule has 2 heterocycles. The number of benzene rings is 2. The van der Waals surface area contributed by atoms with Gasteiger partial charge in [0.2, 0.25) is 0 Å². The molecule has 3 aromatic rings. The van der Waals surface area contributed by atoms with Crippen LogP contribution in [0.15, 0.2) is 48.5 Å². The fourth-order valence-electron chi connectivity index (χ4n) is 4.60. The molecule has 1 saturated carbocycles. The normalized spacial score (nSPS) is 16.5. The Morgan fingerprint density at radius 1 is 1.08 bits per heavy atom. The monoisotopic (exact) mass is 552 g/mol. The Hall–Kier alpha value is -3.86. The Kier molecular flexibility index (Phi) is 7.60. The highest BCUT2D eigenvalue weighted by molar-refractivity contribution is 7.91. The third-order valence-corrected chi connectivity index (χ3v) is 8.67. The van der Waals surface area contributed by atoms with Crippen LogP contribution in [-0.2, 0) is 30.0 Å². The summed E-state index contributed by atoms with van der Waals surface area (Å²) in [6.07, 6.45) is 2.24. The van der Waals surface area contributed by atoms with Crippen molar-refractivity contribution in [3.05, 3.63) is 76.6 Å². The maximum Gasteiger partial charge on any atom is 0.269 e. The van der Waals surface area contributed by atoms with Gasteiger partial charge < -0.3 is 19.7 Å². The van der Waals surface area contributed by atoms with Gasteiger partial charge in [-0.1, -0.05) is 24.3 Å². The Morgan fingerprint density at radius 3 is 2.46 bits per heavy atom. The van der Waals surface area contributed by atoms with Gasteiger partial charge in [-0.25, -0.2) is 8.42 Å². The van der Waals surface area contributed by atoms with Crippen molar-refractivity contribution in [2.75, 3.05) is 31.7 Å². The van der Waals surface area contributed by atoms with E-state index in [1.165, 1.54) is 0 Å². The van der Waals surface area contributed by atoms with Crippen molar-refractivity contribution < 1.29 is 27.5 Å². The smallest absolute Gasteiger partial charge is 0.269 e. The molecule has 2 fully saturated rings. The second kappa shape index (κ2) is 11.1. The van der Waals surface area contributed by atoms with Crippen LogP contribution in [0.25, 0.3) is 0 Å². The summed E-state index contributed by atoms with van der Waals surface area (Å²) >= 11 is 0. The standard InChI is InChI=1S/C28H32N4O6S/c1-31-24(16-23(30-31)20-10-11-20)27(33)29-17-22-4-3-5-25(26(22)37-2)38-18-19-6-8-21(9-7-19)28(34)32-12-14-39(35,36)15-13-32/h3-9,16,20H,10-15,17-18H2,1-2H3,(H,29,33). The molecular weight excluding hydrogens is 520 g/mol. The minimum atomic E-state index is -3.05. The predicted octanol–water partition coefficient (Wildman–Crippen LogP) is 2.69. The number of carbonyl (C=O) groups is 2. The fraction of sp³-hybridized carbons (Fsp3) is 0.393. The second-order valence-corrected chi connectivity index (χ2v) is 12.2. The zero-order chi connectivity index (χ0) is 27.6. The number of carbonyl (C=O) groups excluding carboxylic acids is 2. The molecule has 1 aliphatic heterocycles. The summed E-state index contributed by atoms with van der Waals surface area (Å²) in [6.45, 7) is 0.942. The van der Waals surface area contributed by atoms with Crippen LogP contribution in [-0.4, -0.2) is 66.6 Å². The van der Waals surface area contributed by atoms with E-state index in [0.29, 0.717) is 28.7 Å². The molecular formula is C28H32N4O6S. The Bertz CT molecular complexity index is 1460. The molecule has 1 N–H and O–H groups in total. The largest absolute Gasteiger partial charge is 0.493 e. The molecule has 0 spiro atoms. The number of rotatable bonds is 9. The van der Waals surface area contributed by atoms with E-state index in [9.17, 15) is 18.0 Å². The van der Waals surface area contributed by atoms with Gasteiger partial charge in [-0.05, 0) is 42.7 Å². The van der Waals surface area contributed by atoms with Crippen LogP contribution in [0.5, 0.6) is 11.5 Å². The number of amides is 2. The third-order valence-electron chi connectivity index (χ3n) is 7.06. The van der Waals surface area contributed by atoms with Crippen molar-refractivity contribution >= 4 is 21.7 Å². The minimum Gasteiger partial charge on any atom is -0.493 e. The van der Waals surface area contributed by atoms with Gasteiger partial charge in [-0.15, -0.1) is 0 Å². The van der Waals surface area contributed by atoms with Gasteiger partial charge in [-0.3, -0.25) is 14.3 Å². The van der Waals surface area contributed by atoms with Crippen molar-refractivity contribution in [1.82, 2.24) is 20.0 Å². The molecule has 2 amide bonds. The van der Waals surface area contributed by atoms with Crippen molar-refractivity contribution in [3.8, 4) is 11.5 Å². The minimum absolute atomic E-state index is 0.0000810. The van der Waals surface area contributed by atoms with Crippen LogP contribution in [0.3, 0.4) is 0 Å². The van der Waals surface area contributed by atoms with E-state index < -0.39 is 9.84 Å². The molecule has 0 atom stereocenters. The lowest BCUT2D eigenvalue weighted by Gasteiger charge is -2.26. The van der Waals surface area contributed by atoms with Crippen LogP contribution in [0.4, 0.5) is 0 Å². The summed E-state index contributed by atoms with van der Waals surface area (Å²) < 4.78 is 36.5. The summed E-state index contributed by atoms with van der Waals surface area (Å²) in [4.78, 5) is 27.1. The Labute approximate surface area is 227 Å². The van der Waals surface area contributed by atoms with Gasteiger partial charge >= 0.3 is 0 Å². The van der Waals surface area contributed by atoms with E-state index in [4.69, 9.17) is 9.47 Å². The van der Waals surface area contributed by atoms with E-state index in [1.54, 1.807) is 41.9 Å². The van der Waals surface area contributed by atoms with Crippen LogP contribution < -0.4 is 14.8 Å². The number of methoxy groups -OCH3 is 1. The molecule has 2 aromatic carbocycles. The molecule has 39 heavy (non-hydrogen) atoms. The number of ether oxygens (including phenoxy) is 2. The molecule has 2 aliphatic rings. The zero-order valence-electron chi connectivity index (χ0n) is 22.1. The number of hydrogen-bond donors (Lipinski definition) is 1. The highest BCUT2D eigenvalue weighted by Crippen LogP contribution is 2.39. The van der Waals surface area contributed by atoms with Crippen molar-refractivity contribution in [2.24, 2.45) is 7.05 Å². The summed E-state index contributed by atoms with van der Waals surface area (Å²) in [6, 6.07) is 14.4. The van der Waals surface area contributed by atoms with Gasteiger partial charge in [-0.2, -0.15) is 5.10 Å². The van der Waals surface area contributed by atoms with Crippen LogP contribution >= 0.6 is 0 Å². The summed E-state index contributed by atoms with van der Waals surface area (Å²) in [5.74, 6) is 1.16. The molecule has 0 radical (unpaired) electrons. The van der Waals surface area contributed by atoms with E-state index in [2.05, 4.69) is 10.4 Å². The number of aryl methyl sites for hydroxylation is 1. The lowest BCUT2D eigenvalue weighted by atomic mass is 10.1. The number of nitrogens with zero attached hydrogens (tertiary/aromatic N) is 3. The van der Waals surface area contributed by atoms with E-state index in [0.717, 1.165) is 29.7 Å². The van der Waals surface area contributed by atoms with Gasteiger partial charge in [0.1, 0.15) is 12.3 Å². The SMILES string of the molecule is COc1c(CNC(=O)c2cc(C3CC3)nn2C)cccc1OCc1ccc(C(=O)N2CCS(=O)(=O)CC2)cc1. The lowest BCUT2D eigenvalue weighted by molar-refractivity contribution is 0.0770. The second-order valence-electron chi connectivity index (χ2n) is 9.91.